The summed E-state index contributed by atoms with van der Waals surface area (Å²) < 4.78 is 5.67. The maximum absolute atomic E-state index is 11.2. The van der Waals surface area contributed by atoms with Crippen molar-refractivity contribution in [2.24, 2.45) is 5.73 Å². The lowest BCUT2D eigenvalue weighted by atomic mass is 10.1. The molecule has 21 heavy (non-hydrogen) atoms. The number of ether oxygens (including phenoxy) is 1. The third-order valence-corrected chi connectivity index (χ3v) is 3.48. The number of benzene rings is 2. The average molecular weight is 307 g/mol. The van der Waals surface area contributed by atoms with Gasteiger partial charge in [-0.25, -0.2) is 0 Å². The average Bonchev–Trinajstić information content (AvgIpc) is 2.47. The van der Waals surface area contributed by atoms with Gasteiger partial charge in [-0.3, -0.25) is 10.1 Å². The fraction of sp³-hybridized carbons (Fsp3) is 0.200. The first-order chi connectivity index (χ1) is 10.1. The number of nitro groups is 1. The maximum atomic E-state index is 11.2. The number of nitrogens with zero attached hydrogens (tertiary/aromatic N) is 1. The number of hydrogen-bond acceptors (Lipinski definition) is 4. The van der Waals surface area contributed by atoms with Crippen LogP contribution in [0.1, 0.15) is 18.1 Å². The van der Waals surface area contributed by atoms with Crippen molar-refractivity contribution in [2.45, 2.75) is 19.9 Å². The fourth-order valence-corrected chi connectivity index (χ4v) is 2.21. The van der Waals surface area contributed by atoms with Crippen LogP contribution < -0.4 is 10.5 Å². The van der Waals surface area contributed by atoms with Crippen molar-refractivity contribution in [2.75, 3.05) is 0 Å². The monoisotopic (exact) mass is 306 g/mol. The van der Waals surface area contributed by atoms with Crippen LogP contribution in [0.2, 0.25) is 5.02 Å². The second-order valence-electron chi connectivity index (χ2n) is 4.44. The lowest BCUT2D eigenvalue weighted by molar-refractivity contribution is -0.385. The molecule has 0 fully saturated rings. The predicted octanol–water partition coefficient (Wildman–Crippen LogP) is 4.06. The highest BCUT2D eigenvalue weighted by atomic mass is 35.5. The molecule has 2 aromatic carbocycles. The Bertz CT molecular complexity index is 674. The molecule has 110 valence electrons. The number of aryl methyl sites for hydroxylation is 1. The van der Waals surface area contributed by atoms with E-state index >= 15 is 0 Å². The van der Waals surface area contributed by atoms with Crippen LogP contribution in [0.15, 0.2) is 36.4 Å². The van der Waals surface area contributed by atoms with Crippen LogP contribution in [0, 0.1) is 10.1 Å². The molecule has 0 radical (unpaired) electrons. The first-order valence-electron chi connectivity index (χ1n) is 6.49. The Hall–Kier alpha value is -2.11. The molecule has 0 bridgehead atoms. The first kappa shape index (κ1) is 15.3. The number of rotatable bonds is 5. The Balaban J connectivity index is 2.44. The summed E-state index contributed by atoms with van der Waals surface area (Å²) in [6.07, 6.45) is 0.715. The van der Waals surface area contributed by atoms with E-state index in [0.717, 1.165) is 5.56 Å². The zero-order valence-electron chi connectivity index (χ0n) is 11.5. The highest BCUT2D eigenvalue weighted by molar-refractivity contribution is 6.31. The summed E-state index contributed by atoms with van der Waals surface area (Å²) >= 11 is 6.05. The van der Waals surface area contributed by atoms with Gasteiger partial charge in [0.25, 0.3) is 0 Å². The summed E-state index contributed by atoms with van der Waals surface area (Å²) in [6, 6.07) is 10.0. The molecule has 0 aliphatic carbocycles. The molecular formula is C15H15ClN2O3. The van der Waals surface area contributed by atoms with E-state index in [9.17, 15) is 10.1 Å². The molecule has 0 atom stereocenters. The van der Waals surface area contributed by atoms with Gasteiger partial charge >= 0.3 is 5.69 Å². The lowest BCUT2D eigenvalue weighted by Crippen LogP contribution is -2.01. The van der Waals surface area contributed by atoms with Gasteiger partial charge in [0.1, 0.15) is 5.75 Å². The topological polar surface area (TPSA) is 78.4 Å². The summed E-state index contributed by atoms with van der Waals surface area (Å²) in [7, 11) is 0. The summed E-state index contributed by atoms with van der Waals surface area (Å²) in [5.74, 6) is 0.603. The molecule has 2 N–H and O–H groups in total. The minimum absolute atomic E-state index is 0.0719. The van der Waals surface area contributed by atoms with Crippen LogP contribution in [0.5, 0.6) is 11.5 Å². The minimum atomic E-state index is -0.457. The highest BCUT2D eigenvalue weighted by Gasteiger charge is 2.18. The molecule has 0 saturated carbocycles. The maximum Gasteiger partial charge on any atom is 0.311 e. The summed E-state index contributed by atoms with van der Waals surface area (Å²) in [6.45, 7) is 2.12. The largest absolute Gasteiger partial charge is 0.450 e. The number of hydrogen-bond donors (Lipinski definition) is 1. The molecule has 0 unspecified atom stereocenters. The van der Waals surface area contributed by atoms with E-state index in [1.54, 1.807) is 30.3 Å². The Morgan fingerprint density at radius 1 is 1.29 bits per heavy atom. The van der Waals surface area contributed by atoms with Crippen LogP contribution in [0.4, 0.5) is 5.69 Å². The third-order valence-electron chi connectivity index (χ3n) is 3.13. The van der Waals surface area contributed by atoms with Crippen LogP contribution in [-0.4, -0.2) is 4.92 Å². The van der Waals surface area contributed by atoms with Gasteiger partial charge in [-0.1, -0.05) is 30.7 Å². The van der Waals surface area contributed by atoms with Gasteiger partial charge in [-0.15, -0.1) is 0 Å². The second-order valence-corrected chi connectivity index (χ2v) is 4.84. The Labute approximate surface area is 127 Å². The van der Waals surface area contributed by atoms with Gasteiger partial charge in [0.2, 0.25) is 5.75 Å². The zero-order valence-corrected chi connectivity index (χ0v) is 12.3. The predicted molar refractivity (Wildman–Crippen MR) is 81.9 cm³/mol. The third kappa shape index (κ3) is 3.32. The Kier molecular flexibility index (Phi) is 4.77. The minimum Gasteiger partial charge on any atom is -0.450 e. The molecule has 5 nitrogen and oxygen atoms in total. The molecule has 6 heteroatoms. The lowest BCUT2D eigenvalue weighted by Gasteiger charge is -2.12. The van der Waals surface area contributed by atoms with Gasteiger partial charge < -0.3 is 10.5 Å². The fourth-order valence-electron chi connectivity index (χ4n) is 1.96. The Morgan fingerprint density at radius 2 is 2.05 bits per heavy atom. The van der Waals surface area contributed by atoms with Gasteiger partial charge in [0, 0.05) is 23.2 Å². The van der Waals surface area contributed by atoms with Crippen molar-refractivity contribution in [3.05, 3.63) is 62.7 Å². The van der Waals surface area contributed by atoms with Gasteiger partial charge in [0.05, 0.1) is 4.92 Å². The quantitative estimate of drug-likeness (QED) is 0.667. The van der Waals surface area contributed by atoms with E-state index < -0.39 is 4.92 Å². The highest BCUT2D eigenvalue weighted by Crippen LogP contribution is 2.35. The van der Waals surface area contributed by atoms with Gasteiger partial charge in [-0.05, 0) is 30.2 Å². The molecule has 0 spiro atoms. The summed E-state index contributed by atoms with van der Waals surface area (Å²) in [4.78, 5) is 10.7. The van der Waals surface area contributed by atoms with Crippen molar-refractivity contribution in [1.29, 1.82) is 0 Å². The molecule has 0 saturated heterocycles. The van der Waals surface area contributed by atoms with Crippen molar-refractivity contribution in [3.63, 3.8) is 0 Å². The molecule has 0 amide bonds. The van der Waals surface area contributed by atoms with E-state index in [4.69, 9.17) is 22.1 Å². The first-order valence-corrected chi connectivity index (χ1v) is 6.87. The summed E-state index contributed by atoms with van der Waals surface area (Å²) in [5.41, 5.74) is 7.07. The molecular weight excluding hydrogens is 292 g/mol. The van der Waals surface area contributed by atoms with Crippen LogP contribution in [0.3, 0.4) is 0 Å². The molecule has 2 aromatic rings. The standard InChI is InChI=1S/C15H15ClN2O3/c1-2-10-6-7-15(13(8-10)18(19)20)21-14-5-3-4-12(16)11(14)9-17/h3-8H,2,9,17H2,1H3. The van der Waals surface area contributed by atoms with Crippen molar-refractivity contribution in [3.8, 4) is 11.5 Å². The summed E-state index contributed by atoms with van der Waals surface area (Å²) in [5, 5.41) is 11.7. The number of halogens is 1. The van der Waals surface area contributed by atoms with Crippen molar-refractivity contribution < 1.29 is 9.66 Å². The zero-order chi connectivity index (χ0) is 15.4. The normalized spacial score (nSPS) is 10.4. The molecule has 0 heterocycles. The van der Waals surface area contributed by atoms with Gasteiger partial charge in [0.15, 0.2) is 0 Å². The van der Waals surface area contributed by atoms with E-state index in [1.807, 2.05) is 6.92 Å². The second kappa shape index (κ2) is 6.56. The van der Waals surface area contributed by atoms with Crippen molar-refractivity contribution in [1.82, 2.24) is 0 Å². The molecule has 0 aliphatic rings. The van der Waals surface area contributed by atoms with Crippen LogP contribution in [-0.2, 0) is 13.0 Å². The smallest absolute Gasteiger partial charge is 0.311 e. The van der Waals surface area contributed by atoms with E-state index in [1.165, 1.54) is 6.07 Å². The molecule has 0 aromatic heterocycles. The van der Waals surface area contributed by atoms with E-state index in [2.05, 4.69) is 0 Å². The van der Waals surface area contributed by atoms with Gasteiger partial charge in [-0.2, -0.15) is 0 Å². The Morgan fingerprint density at radius 3 is 2.67 bits per heavy atom. The molecule has 2 rings (SSSR count). The molecule has 0 aliphatic heterocycles. The van der Waals surface area contributed by atoms with Crippen LogP contribution in [0.25, 0.3) is 0 Å². The number of nitro benzene ring substituents is 1. The van der Waals surface area contributed by atoms with E-state index in [0.29, 0.717) is 22.8 Å². The van der Waals surface area contributed by atoms with Crippen molar-refractivity contribution >= 4 is 17.3 Å². The SMILES string of the molecule is CCc1ccc(Oc2cccc(Cl)c2CN)c([N+](=O)[O-])c1. The van der Waals surface area contributed by atoms with Crippen LogP contribution >= 0.6 is 11.6 Å². The number of nitrogens with two attached hydrogens (primary N) is 1. The van der Waals surface area contributed by atoms with E-state index in [-0.39, 0.29) is 18.0 Å².